The largest absolute Gasteiger partial charge is 0.481 e. The smallest absolute Gasteiger partial charge is 0.305 e. The monoisotopic (exact) mass is 401 g/mol. The second kappa shape index (κ2) is 7.06. The van der Waals surface area contributed by atoms with Crippen molar-refractivity contribution in [3.63, 3.8) is 0 Å². The van der Waals surface area contributed by atoms with Crippen molar-refractivity contribution in [2.45, 2.75) is 12.5 Å². The number of amides is 1. The molecule has 0 unspecified atom stereocenters. The molecular formula is C18H16BrN3O3. The zero-order valence-corrected chi connectivity index (χ0v) is 15.0. The van der Waals surface area contributed by atoms with Crippen LogP contribution < -0.4 is 5.32 Å². The fourth-order valence-corrected chi connectivity index (χ4v) is 2.98. The first-order chi connectivity index (χ1) is 12.0. The summed E-state index contributed by atoms with van der Waals surface area (Å²) in [6, 6.07) is 10.1. The summed E-state index contributed by atoms with van der Waals surface area (Å²) in [4.78, 5) is 28.2. The predicted molar refractivity (Wildman–Crippen MR) is 97.3 cm³/mol. The van der Waals surface area contributed by atoms with Crippen LogP contribution in [0.25, 0.3) is 11.0 Å². The number of halogens is 1. The van der Waals surface area contributed by atoms with E-state index in [9.17, 15) is 14.7 Å². The number of hydrogen-bond donors (Lipinski definition) is 2. The molecule has 0 aliphatic carbocycles. The third-order valence-corrected chi connectivity index (χ3v) is 4.50. The number of rotatable bonds is 5. The van der Waals surface area contributed by atoms with E-state index in [1.165, 1.54) is 0 Å². The highest BCUT2D eigenvalue weighted by molar-refractivity contribution is 9.10. The van der Waals surface area contributed by atoms with Gasteiger partial charge in [-0.15, -0.1) is 0 Å². The molecule has 3 rings (SSSR count). The van der Waals surface area contributed by atoms with Crippen LogP contribution in [0, 0.1) is 0 Å². The lowest BCUT2D eigenvalue weighted by Crippen LogP contribution is -2.30. The molecule has 0 radical (unpaired) electrons. The first-order valence-electron chi connectivity index (χ1n) is 7.64. The maximum Gasteiger partial charge on any atom is 0.305 e. The molecule has 1 amide bonds. The minimum absolute atomic E-state index is 0.198. The van der Waals surface area contributed by atoms with Gasteiger partial charge in [0.1, 0.15) is 5.65 Å². The molecule has 7 heteroatoms. The van der Waals surface area contributed by atoms with Crippen LogP contribution in [0.1, 0.15) is 28.4 Å². The molecule has 0 spiro atoms. The van der Waals surface area contributed by atoms with Crippen LogP contribution in [0.15, 0.2) is 53.3 Å². The van der Waals surface area contributed by atoms with Gasteiger partial charge in [-0.2, -0.15) is 0 Å². The van der Waals surface area contributed by atoms with Gasteiger partial charge in [0, 0.05) is 29.3 Å². The Hall–Kier alpha value is -2.67. The average molecular weight is 402 g/mol. The molecule has 3 aromatic rings. The van der Waals surface area contributed by atoms with Crippen molar-refractivity contribution in [3.05, 3.63) is 64.4 Å². The molecule has 0 aliphatic heterocycles. The second-order valence-electron chi connectivity index (χ2n) is 5.70. The Kier molecular flexibility index (Phi) is 4.85. The van der Waals surface area contributed by atoms with Crippen molar-refractivity contribution >= 4 is 38.8 Å². The fraction of sp³-hybridized carbons (Fsp3) is 0.167. The maximum absolute atomic E-state index is 12.7. The Labute approximate surface area is 152 Å². The molecule has 2 N–H and O–H groups in total. The Balaban J connectivity index is 1.91. The first kappa shape index (κ1) is 17.2. The first-order valence-corrected chi connectivity index (χ1v) is 8.43. The maximum atomic E-state index is 12.7. The summed E-state index contributed by atoms with van der Waals surface area (Å²) in [6.07, 6.45) is 3.21. The second-order valence-corrected chi connectivity index (χ2v) is 6.61. The van der Waals surface area contributed by atoms with E-state index >= 15 is 0 Å². The number of aryl methyl sites for hydroxylation is 1. The molecular weight excluding hydrogens is 386 g/mol. The number of pyridine rings is 1. The van der Waals surface area contributed by atoms with E-state index in [1.54, 1.807) is 24.4 Å². The number of nitrogens with zero attached hydrogens (tertiary/aromatic N) is 2. The zero-order chi connectivity index (χ0) is 18.0. The number of fused-ring (bicyclic) bond motifs is 1. The standard InChI is InChI=1S/C18H16BrN3O3/c1-22-9-7-13-14(6-8-20-17(13)22)18(25)21-15(10-16(23)24)11-2-4-12(19)5-3-11/h2-9,15H,10H2,1H3,(H,21,25)(H,23,24)/t15-/m0/s1. The van der Waals surface area contributed by atoms with Crippen molar-refractivity contribution in [3.8, 4) is 0 Å². The Morgan fingerprint density at radius 2 is 1.96 bits per heavy atom. The highest BCUT2D eigenvalue weighted by atomic mass is 79.9. The molecule has 25 heavy (non-hydrogen) atoms. The summed E-state index contributed by atoms with van der Waals surface area (Å²) in [7, 11) is 1.85. The van der Waals surface area contributed by atoms with E-state index < -0.39 is 12.0 Å². The molecule has 0 aliphatic rings. The normalized spacial score (nSPS) is 12.1. The minimum atomic E-state index is -0.979. The van der Waals surface area contributed by atoms with Crippen molar-refractivity contribution in [1.29, 1.82) is 0 Å². The summed E-state index contributed by atoms with van der Waals surface area (Å²) in [5.41, 5.74) is 1.90. The summed E-state index contributed by atoms with van der Waals surface area (Å²) >= 11 is 3.35. The van der Waals surface area contributed by atoms with Crippen LogP contribution in [0.3, 0.4) is 0 Å². The van der Waals surface area contributed by atoms with Gasteiger partial charge in [-0.3, -0.25) is 9.59 Å². The molecule has 0 fully saturated rings. The molecule has 0 bridgehead atoms. The van der Waals surface area contributed by atoms with Gasteiger partial charge < -0.3 is 15.0 Å². The number of nitrogens with one attached hydrogen (secondary N) is 1. The SMILES string of the molecule is Cn1ccc2c(C(=O)N[C@@H](CC(=O)O)c3ccc(Br)cc3)ccnc21. The van der Waals surface area contributed by atoms with Gasteiger partial charge in [-0.1, -0.05) is 28.1 Å². The van der Waals surface area contributed by atoms with E-state index in [4.69, 9.17) is 0 Å². The van der Waals surface area contributed by atoms with Crippen molar-refractivity contribution < 1.29 is 14.7 Å². The number of carboxylic acids is 1. The lowest BCUT2D eigenvalue weighted by atomic mass is 10.0. The molecule has 1 aromatic carbocycles. The van der Waals surface area contributed by atoms with Gasteiger partial charge in [-0.25, -0.2) is 4.98 Å². The number of carboxylic acid groups (broad SMARTS) is 1. The molecule has 0 saturated heterocycles. The highest BCUT2D eigenvalue weighted by Crippen LogP contribution is 2.22. The topological polar surface area (TPSA) is 84.2 Å². The number of aromatic nitrogens is 2. The van der Waals surface area contributed by atoms with E-state index in [2.05, 4.69) is 26.2 Å². The molecule has 6 nitrogen and oxygen atoms in total. The van der Waals surface area contributed by atoms with E-state index in [-0.39, 0.29) is 12.3 Å². The predicted octanol–water partition coefficient (Wildman–Crippen LogP) is 3.28. The number of carbonyl (C=O) groups is 2. The highest BCUT2D eigenvalue weighted by Gasteiger charge is 2.20. The molecule has 128 valence electrons. The van der Waals surface area contributed by atoms with Crippen LogP contribution in [-0.2, 0) is 11.8 Å². The Morgan fingerprint density at radius 3 is 2.64 bits per heavy atom. The number of carbonyl (C=O) groups excluding carboxylic acids is 1. The number of aliphatic carboxylic acids is 1. The Bertz CT molecular complexity index is 934. The average Bonchev–Trinajstić information content (AvgIpc) is 2.96. The van der Waals surface area contributed by atoms with Crippen molar-refractivity contribution in [2.75, 3.05) is 0 Å². The summed E-state index contributed by atoms with van der Waals surface area (Å²) in [5.74, 6) is -1.31. The lowest BCUT2D eigenvalue weighted by molar-refractivity contribution is -0.137. The van der Waals surface area contributed by atoms with E-state index in [1.807, 2.05) is 36.0 Å². The third-order valence-electron chi connectivity index (χ3n) is 3.97. The number of hydrogen-bond acceptors (Lipinski definition) is 3. The third kappa shape index (κ3) is 3.71. The molecule has 2 heterocycles. The lowest BCUT2D eigenvalue weighted by Gasteiger charge is -2.18. The van der Waals surface area contributed by atoms with Crippen LogP contribution in [0.5, 0.6) is 0 Å². The zero-order valence-electron chi connectivity index (χ0n) is 13.4. The molecule has 0 saturated carbocycles. The van der Waals surface area contributed by atoms with Gasteiger partial charge in [0.25, 0.3) is 5.91 Å². The van der Waals surface area contributed by atoms with Gasteiger partial charge in [-0.05, 0) is 29.8 Å². The van der Waals surface area contributed by atoms with Gasteiger partial charge >= 0.3 is 5.97 Å². The molecule has 2 aromatic heterocycles. The summed E-state index contributed by atoms with van der Waals surface area (Å²) in [5, 5.41) is 12.7. The fourth-order valence-electron chi connectivity index (χ4n) is 2.72. The van der Waals surface area contributed by atoms with E-state index in [0.29, 0.717) is 11.2 Å². The quantitative estimate of drug-likeness (QED) is 0.686. The number of benzene rings is 1. The van der Waals surface area contributed by atoms with Crippen LogP contribution in [0.2, 0.25) is 0 Å². The molecule has 1 atom stereocenters. The van der Waals surface area contributed by atoms with Gasteiger partial charge in [0.15, 0.2) is 0 Å². The van der Waals surface area contributed by atoms with Crippen molar-refractivity contribution in [2.24, 2.45) is 7.05 Å². The van der Waals surface area contributed by atoms with E-state index in [0.717, 1.165) is 15.4 Å². The summed E-state index contributed by atoms with van der Waals surface area (Å²) < 4.78 is 2.71. The summed E-state index contributed by atoms with van der Waals surface area (Å²) in [6.45, 7) is 0. The van der Waals surface area contributed by atoms with Crippen LogP contribution in [-0.4, -0.2) is 26.5 Å². The van der Waals surface area contributed by atoms with Crippen molar-refractivity contribution in [1.82, 2.24) is 14.9 Å². The van der Waals surface area contributed by atoms with Crippen LogP contribution in [0.4, 0.5) is 0 Å². The van der Waals surface area contributed by atoms with Crippen LogP contribution >= 0.6 is 15.9 Å². The van der Waals surface area contributed by atoms with Gasteiger partial charge in [0.05, 0.1) is 18.0 Å². The Morgan fingerprint density at radius 1 is 1.24 bits per heavy atom. The van der Waals surface area contributed by atoms with Gasteiger partial charge in [0.2, 0.25) is 0 Å². The minimum Gasteiger partial charge on any atom is -0.481 e.